The molecule has 4 nitrogen and oxygen atoms in total. The predicted molar refractivity (Wildman–Crippen MR) is 77.1 cm³/mol. The second-order valence-corrected chi connectivity index (χ2v) is 5.31. The largest absolute Gasteiger partial charge is 0.393 e. The number of benzene rings is 1. The van der Waals surface area contributed by atoms with Crippen LogP contribution >= 0.6 is 0 Å². The fraction of sp³-hybridized carbons (Fsp3) is 0.533. The van der Waals surface area contributed by atoms with E-state index in [9.17, 15) is 18.7 Å². The lowest BCUT2D eigenvalue weighted by atomic mass is 10.0. The number of carbonyl (C=O) groups is 1. The fourth-order valence-electron chi connectivity index (χ4n) is 1.87. The number of amides is 2. The van der Waals surface area contributed by atoms with Crippen molar-refractivity contribution in [2.24, 2.45) is 0 Å². The highest BCUT2D eigenvalue weighted by molar-refractivity contribution is 5.73. The molecule has 0 heterocycles. The number of hydrogen-bond donors (Lipinski definition) is 2. The summed E-state index contributed by atoms with van der Waals surface area (Å²) in [7, 11) is 1.63. The Morgan fingerprint density at radius 2 is 2.05 bits per heavy atom. The van der Waals surface area contributed by atoms with E-state index >= 15 is 0 Å². The highest BCUT2D eigenvalue weighted by atomic mass is 19.1. The van der Waals surface area contributed by atoms with Crippen molar-refractivity contribution in [1.82, 2.24) is 10.2 Å². The van der Waals surface area contributed by atoms with Gasteiger partial charge in [0.2, 0.25) is 0 Å². The smallest absolute Gasteiger partial charge is 0.317 e. The zero-order chi connectivity index (χ0) is 16.0. The van der Waals surface area contributed by atoms with Gasteiger partial charge in [0.25, 0.3) is 0 Å². The van der Waals surface area contributed by atoms with Crippen LogP contribution < -0.4 is 5.32 Å². The maximum absolute atomic E-state index is 13.6. The van der Waals surface area contributed by atoms with Gasteiger partial charge in [-0.2, -0.15) is 0 Å². The lowest BCUT2D eigenvalue weighted by molar-refractivity contribution is 0.163. The van der Waals surface area contributed by atoms with Crippen LogP contribution in [0, 0.1) is 11.6 Å². The van der Waals surface area contributed by atoms with E-state index in [1.165, 1.54) is 17.0 Å². The van der Waals surface area contributed by atoms with E-state index in [2.05, 4.69) is 5.32 Å². The van der Waals surface area contributed by atoms with Gasteiger partial charge >= 0.3 is 6.03 Å². The average molecular weight is 300 g/mol. The van der Waals surface area contributed by atoms with E-state index in [0.717, 1.165) is 6.07 Å². The summed E-state index contributed by atoms with van der Waals surface area (Å²) in [5.74, 6) is -1.50. The van der Waals surface area contributed by atoms with Crippen LogP contribution in [0.2, 0.25) is 0 Å². The van der Waals surface area contributed by atoms with E-state index in [1.807, 2.05) is 0 Å². The monoisotopic (exact) mass is 300 g/mol. The normalized spacial score (nSPS) is 13.6. The van der Waals surface area contributed by atoms with Crippen LogP contribution in [0.1, 0.15) is 31.7 Å². The Labute approximate surface area is 123 Å². The number of rotatable bonds is 6. The first-order valence-electron chi connectivity index (χ1n) is 6.93. The molecule has 0 fully saturated rings. The molecule has 2 unspecified atom stereocenters. The van der Waals surface area contributed by atoms with Crippen molar-refractivity contribution in [1.29, 1.82) is 0 Å². The lowest BCUT2D eigenvalue weighted by Gasteiger charge is -2.20. The first-order chi connectivity index (χ1) is 9.81. The Morgan fingerprint density at radius 3 is 2.62 bits per heavy atom. The van der Waals surface area contributed by atoms with Gasteiger partial charge in [-0.25, -0.2) is 13.6 Å². The average Bonchev–Trinajstić information content (AvgIpc) is 2.41. The molecule has 2 amide bonds. The number of aliphatic hydroxyl groups excluding tert-OH is 1. The third kappa shape index (κ3) is 5.67. The molecular formula is C15H22F2N2O2. The molecule has 6 heteroatoms. The molecule has 2 atom stereocenters. The van der Waals surface area contributed by atoms with E-state index in [0.29, 0.717) is 18.5 Å². The van der Waals surface area contributed by atoms with Crippen molar-refractivity contribution >= 4 is 6.03 Å². The second-order valence-electron chi connectivity index (χ2n) is 5.31. The number of halogens is 2. The van der Waals surface area contributed by atoms with Crippen LogP contribution in [-0.2, 0) is 0 Å². The molecule has 0 radical (unpaired) electrons. The first kappa shape index (κ1) is 17.4. The van der Waals surface area contributed by atoms with E-state index in [-0.39, 0.29) is 18.5 Å². The van der Waals surface area contributed by atoms with Crippen LogP contribution in [0.4, 0.5) is 13.6 Å². The zero-order valence-corrected chi connectivity index (χ0v) is 12.6. The minimum absolute atomic E-state index is 0.250. The van der Waals surface area contributed by atoms with Gasteiger partial charge in [-0.15, -0.1) is 0 Å². The summed E-state index contributed by atoms with van der Waals surface area (Å²) < 4.78 is 26.4. The minimum atomic E-state index is -0.620. The standard InChI is InChI=1S/C15H22F2N2O2/c1-10(13-5-4-12(16)8-14(13)17)9-18-15(21)19(3)7-6-11(2)20/h4-5,8,10-11,20H,6-7,9H2,1-3H3,(H,18,21). The van der Waals surface area contributed by atoms with Crippen molar-refractivity contribution in [3.8, 4) is 0 Å². The maximum atomic E-state index is 13.6. The molecule has 0 spiro atoms. The van der Waals surface area contributed by atoms with E-state index < -0.39 is 17.7 Å². The van der Waals surface area contributed by atoms with Crippen molar-refractivity contribution in [3.05, 3.63) is 35.4 Å². The lowest BCUT2D eigenvalue weighted by Crippen LogP contribution is -2.40. The van der Waals surface area contributed by atoms with Gasteiger partial charge in [0.1, 0.15) is 11.6 Å². The van der Waals surface area contributed by atoms with Gasteiger partial charge in [0.15, 0.2) is 0 Å². The van der Waals surface area contributed by atoms with Crippen molar-refractivity contribution in [2.75, 3.05) is 20.1 Å². The van der Waals surface area contributed by atoms with Crippen LogP contribution in [0.15, 0.2) is 18.2 Å². The molecule has 21 heavy (non-hydrogen) atoms. The predicted octanol–water partition coefficient (Wildman–Crippen LogP) is 2.48. The minimum Gasteiger partial charge on any atom is -0.393 e. The van der Waals surface area contributed by atoms with Crippen LogP contribution in [0.5, 0.6) is 0 Å². The van der Waals surface area contributed by atoms with Crippen LogP contribution in [-0.4, -0.2) is 42.3 Å². The Balaban J connectivity index is 2.48. The number of hydrogen-bond acceptors (Lipinski definition) is 2. The Kier molecular flexibility index (Phi) is 6.55. The van der Waals surface area contributed by atoms with Crippen LogP contribution in [0.3, 0.4) is 0 Å². The molecule has 0 saturated heterocycles. The third-order valence-corrected chi connectivity index (χ3v) is 3.28. The van der Waals surface area contributed by atoms with Gasteiger partial charge in [0.05, 0.1) is 6.10 Å². The zero-order valence-electron chi connectivity index (χ0n) is 12.6. The molecule has 0 aliphatic heterocycles. The van der Waals surface area contributed by atoms with Gasteiger partial charge in [-0.05, 0) is 25.0 Å². The SMILES string of the molecule is CC(O)CCN(C)C(=O)NCC(C)c1ccc(F)cc1F. The van der Waals surface area contributed by atoms with Crippen molar-refractivity contribution in [2.45, 2.75) is 32.3 Å². The summed E-state index contributed by atoms with van der Waals surface area (Å²) in [5.41, 5.74) is 0.364. The topological polar surface area (TPSA) is 52.6 Å². The molecule has 0 aromatic heterocycles. The molecule has 0 saturated carbocycles. The quantitative estimate of drug-likeness (QED) is 0.848. The van der Waals surface area contributed by atoms with Gasteiger partial charge in [0, 0.05) is 32.1 Å². The number of nitrogens with one attached hydrogen (secondary N) is 1. The van der Waals surface area contributed by atoms with Crippen molar-refractivity contribution in [3.63, 3.8) is 0 Å². The summed E-state index contributed by atoms with van der Waals surface area (Å²) in [6.07, 6.45) is 0.0268. The molecule has 0 bridgehead atoms. The molecule has 1 rings (SSSR count). The molecule has 1 aromatic carbocycles. The van der Waals surface area contributed by atoms with Gasteiger partial charge < -0.3 is 15.3 Å². The summed E-state index contributed by atoms with van der Waals surface area (Å²) in [5, 5.41) is 11.9. The summed E-state index contributed by atoms with van der Waals surface area (Å²) >= 11 is 0. The molecule has 0 aliphatic carbocycles. The molecular weight excluding hydrogens is 278 g/mol. The molecule has 0 aliphatic rings. The fourth-order valence-corrected chi connectivity index (χ4v) is 1.87. The van der Waals surface area contributed by atoms with Crippen molar-refractivity contribution < 1.29 is 18.7 Å². The summed E-state index contributed by atoms with van der Waals surface area (Å²) in [4.78, 5) is 13.3. The second kappa shape index (κ2) is 7.93. The summed E-state index contributed by atoms with van der Waals surface area (Å²) in [6, 6.07) is 3.14. The number of urea groups is 1. The van der Waals surface area contributed by atoms with Crippen LogP contribution in [0.25, 0.3) is 0 Å². The van der Waals surface area contributed by atoms with Gasteiger partial charge in [-0.1, -0.05) is 13.0 Å². The van der Waals surface area contributed by atoms with E-state index in [1.54, 1.807) is 20.9 Å². The molecule has 2 N–H and O–H groups in total. The summed E-state index contributed by atoms with van der Waals surface area (Å²) in [6.45, 7) is 4.10. The molecule has 118 valence electrons. The number of aliphatic hydroxyl groups is 1. The first-order valence-corrected chi connectivity index (χ1v) is 6.93. The highest BCUT2D eigenvalue weighted by Crippen LogP contribution is 2.19. The number of carbonyl (C=O) groups excluding carboxylic acids is 1. The van der Waals surface area contributed by atoms with E-state index in [4.69, 9.17) is 0 Å². The highest BCUT2D eigenvalue weighted by Gasteiger charge is 2.14. The number of nitrogens with zero attached hydrogens (tertiary/aromatic N) is 1. The molecule has 1 aromatic rings. The van der Waals surface area contributed by atoms with Gasteiger partial charge in [-0.3, -0.25) is 0 Å². The Bertz CT molecular complexity index is 481. The Hall–Kier alpha value is -1.69. The third-order valence-electron chi connectivity index (χ3n) is 3.28. The maximum Gasteiger partial charge on any atom is 0.317 e. The Morgan fingerprint density at radius 1 is 1.38 bits per heavy atom.